The Labute approximate surface area is 191 Å². The number of para-hydroxylation sites is 1. The quantitative estimate of drug-likeness (QED) is 0.540. The standard InChI is InChI=1S/C25H25N3O3S/c29-23(17-28-14-12-19(13-15-28)26-25(31)22-11-6-16-32-22)27-21-10-5-4-9-20(21)24(30)18-7-2-1-3-8-18/h1-11,16,19H,12-15,17H2,(H,26,31)(H,27,29). The summed E-state index contributed by atoms with van der Waals surface area (Å²) in [5, 5.41) is 7.87. The van der Waals surface area contributed by atoms with E-state index in [1.165, 1.54) is 11.3 Å². The highest BCUT2D eigenvalue weighted by Crippen LogP contribution is 2.20. The molecule has 32 heavy (non-hydrogen) atoms. The fourth-order valence-electron chi connectivity index (χ4n) is 3.83. The lowest BCUT2D eigenvalue weighted by atomic mass is 10.0. The molecule has 2 aromatic carbocycles. The number of ketones is 1. The Morgan fingerprint density at radius 1 is 0.906 bits per heavy atom. The van der Waals surface area contributed by atoms with Crippen molar-refractivity contribution in [1.29, 1.82) is 0 Å². The van der Waals surface area contributed by atoms with Crippen molar-refractivity contribution in [1.82, 2.24) is 10.2 Å². The Morgan fingerprint density at radius 2 is 1.62 bits per heavy atom. The van der Waals surface area contributed by atoms with Crippen LogP contribution in [0.2, 0.25) is 0 Å². The lowest BCUT2D eigenvalue weighted by Gasteiger charge is -2.31. The van der Waals surface area contributed by atoms with Gasteiger partial charge in [-0.25, -0.2) is 0 Å². The fourth-order valence-corrected chi connectivity index (χ4v) is 4.45. The van der Waals surface area contributed by atoms with E-state index >= 15 is 0 Å². The number of hydrogen-bond acceptors (Lipinski definition) is 5. The van der Waals surface area contributed by atoms with Crippen molar-refractivity contribution in [2.24, 2.45) is 0 Å². The zero-order chi connectivity index (χ0) is 22.3. The number of benzene rings is 2. The number of nitrogens with one attached hydrogen (secondary N) is 2. The van der Waals surface area contributed by atoms with Crippen LogP contribution < -0.4 is 10.6 Å². The third-order valence-corrected chi connectivity index (χ3v) is 6.39. The van der Waals surface area contributed by atoms with Crippen molar-refractivity contribution in [3.8, 4) is 0 Å². The van der Waals surface area contributed by atoms with Crippen molar-refractivity contribution in [3.05, 3.63) is 88.1 Å². The van der Waals surface area contributed by atoms with Gasteiger partial charge in [0.2, 0.25) is 5.91 Å². The number of thiophene rings is 1. The molecule has 3 aromatic rings. The van der Waals surface area contributed by atoms with Crippen LogP contribution in [0, 0.1) is 0 Å². The zero-order valence-electron chi connectivity index (χ0n) is 17.6. The molecule has 164 valence electrons. The number of anilines is 1. The van der Waals surface area contributed by atoms with Gasteiger partial charge < -0.3 is 10.6 Å². The molecule has 0 saturated carbocycles. The molecule has 0 radical (unpaired) electrons. The van der Waals surface area contributed by atoms with E-state index in [4.69, 9.17) is 0 Å². The maximum Gasteiger partial charge on any atom is 0.261 e. The van der Waals surface area contributed by atoms with E-state index in [-0.39, 0.29) is 30.2 Å². The Morgan fingerprint density at radius 3 is 2.34 bits per heavy atom. The van der Waals surface area contributed by atoms with Crippen LogP contribution in [0.25, 0.3) is 0 Å². The lowest BCUT2D eigenvalue weighted by Crippen LogP contribution is -2.46. The Kier molecular flexibility index (Phi) is 7.09. The van der Waals surface area contributed by atoms with Crippen LogP contribution in [0.4, 0.5) is 5.69 Å². The lowest BCUT2D eigenvalue weighted by molar-refractivity contribution is -0.117. The molecule has 1 aliphatic heterocycles. The van der Waals surface area contributed by atoms with Crippen LogP contribution in [0.1, 0.15) is 38.4 Å². The minimum Gasteiger partial charge on any atom is -0.349 e. The summed E-state index contributed by atoms with van der Waals surface area (Å²) in [5.41, 5.74) is 1.58. The van der Waals surface area contributed by atoms with Gasteiger partial charge in [-0.15, -0.1) is 11.3 Å². The maximum absolute atomic E-state index is 12.9. The van der Waals surface area contributed by atoms with E-state index in [1.807, 2.05) is 35.7 Å². The maximum atomic E-state index is 12.9. The zero-order valence-corrected chi connectivity index (χ0v) is 18.4. The Balaban J connectivity index is 1.30. The van der Waals surface area contributed by atoms with Crippen LogP contribution in [-0.2, 0) is 4.79 Å². The molecule has 2 heterocycles. The highest BCUT2D eigenvalue weighted by molar-refractivity contribution is 7.12. The molecule has 1 aromatic heterocycles. The van der Waals surface area contributed by atoms with Gasteiger partial charge in [0.05, 0.1) is 17.1 Å². The number of amides is 2. The number of carbonyl (C=O) groups excluding carboxylic acids is 3. The SMILES string of the molecule is O=C(CN1CCC(NC(=O)c2cccs2)CC1)Nc1ccccc1C(=O)c1ccccc1. The van der Waals surface area contributed by atoms with E-state index in [9.17, 15) is 14.4 Å². The number of likely N-dealkylation sites (tertiary alicyclic amines) is 1. The van der Waals surface area contributed by atoms with Gasteiger partial charge in [0, 0.05) is 30.3 Å². The molecule has 7 heteroatoms. The first-order chi connectivity index (χ1) is 15.6. The molecule has 1 aliphatic rings. The normalized spacial score (nSPS) is 14.6. The van der Waals surface area contributed by atoms with E-state index in [0.29, 0.717) is 16.8 Å². The van der Waals surface area contributed by atoms with Crippen molar-refractivity contribution < 1.29 is 14.4 Å². The highest BCUT2D eigenvalue weighted by Gasteiger charge is 2.23. The smallest absolute Gasteiger partial charge is 0.261 e. The molecule has 1 fully saturated rings. The molecule has 6 nitrogen and oxygen atoms in total. The molecule has 1 saturated heterocycles. The number of nitrogens with zero attached hydrogens (tertiary/aromatic N) is 1. The summed E-state index contributed by atoms with van der Waals surface area (Å²) in [6, 6.07) is 19.9. The second-order valence-electron chi connectivity index (χ2n) is 7.79. The number of carbonyl (C=O) groups is 3. The van der Waals surface area contributed by atoms with Gasteiger partial charge in [0.1, 0.15) is 0 Å². The second kappa shape index (κ2) is 10.3. The summed E-state index contributed by atoms with van der Waals surface area (Å²) in [6.07, 6.45) is 1.60. The van der Waals surface area contributed by atoms with Gasteiger partial charge in [0.25, 0.3) is 5.91 Å². The van der Waals surface area contributed by atoms with Crippen LogP contribution >= 0.6 is 11.3 Å². The fraction of sp³-hybridized carbons (Fsp3) is 0.240. The molecular weight excluding hydrogens is 422 g/mol. The number of rotatable bonds is 7. The van der Waals surface area contributed by atoms with Crippen LogP contribution in [-0.4, -0.2) is 48.2 Å². The van der Waals surface area contributed by atoms with E-state index in [2.05, 4.69) is 15.5 Å². The molecule has 4 rings (SSSR count). The highest BCUT2D eigenvalue weighted by atomic mass is 32.1. The third-order valence-electron chi connectivity index (χ3n) is 5.52. The first-order valence-corrected chi connectivity index (χ1v) is 11.5. The number of piperidine rings is 1. The van der Waals surface area contributed by atoms with Crippen molar-refractivity contribution in [2.45, 2.75) is 18.9 Å². The average Bonchev–Trinajstić information content (AvgIpc) is 3.36. The summed E-state index contributed by atoms with van der Waals surface area (Å²) in [6.45, 7) is 1.71. The summed E-state index contributed by atoms with van der Waals surface area (Å²) < 4.78 is 0. The molecule has 0 aliphatic carbocycles. The van der Waals surface area contributed by atoms with E-state index < -0.39 is 0 Å². The minimum atomic E-state index is -0.153. The molecule has 2 amide bonds. The second-order valence-corrected chi connectivity index (χ2v) is 8.74. The summed E-state index contributed by atoms with van der Waals surface area (Å²) in [4.78, 5) is 40.5. The molecule has 0 atom stereocenters. The molecular formula is C25H25N3O3S. The summed E-state index contributed by atoms with van der Waals surface area (Å²) in [5.74, 6) is -0.306. The Bertz CT molecular complexity index is 1070. The largest absolute Gasteiger partial charge is 0.349 e. The summed E-state index contributed by atoms with van der Waals surface area (Å²) in [7, 11) is 0. The van der Waals surface area contributed by atoms with E-state index in [0.717, 1.165) is 30.8 Å². The van der Waals surface area contributed by atoms with Crippen LogP contribution in [0.5, 0.6) is 0 Å². The Hall–Kier alpha value is -3.29. The monoisotopic (exact) mass is 447 g/mol. The van der Waals surface area contributed by atoms with Crippen molar-refractivity contribution in [3.63, 3.8) is 0 Å². The van der Waals surface area contributed by atoms with Gasteiger partial charge in [-0.2, -0.15) is 0 Å². The summed E-state index contributed by atoms with van der Waals surface area (Å²) >= 11 is 1.43. The van der Waals surface area contributed by atoms with Gasteiger partial charge >= 0.3 is 0 Å². The predicted octanol–water partition coefficient (Wildman–Crippen LogP) is 3.81. The average molecular weight is 448 g/mol. The van der Waals surface area contributed by atoms with Crippen molar-refractivity contribution >= 4 is 34.6 Å². The third kappa shape index (κ3) is 5.49. The topological polar surface area (TPSA) is 78.5 Å². The van der Waals surface area contributed by atoms with Gasteiger partial charge in [-0.05, 0) is 36.4 Å². The van der Waals surface area contributed by atoms with Crippen molar-refractivity contribution in [2.75, 3.05) is 25.0 Å². The molecule has 0 spiro atoms. The molecule has 2 N–H and O–H groups in total. The van der Waals surface area contributed by atoms with Gasteiger partial charge in [-0.1, -0.05) is 48.5 Å². The number of hydrogen-bond donors (Lipinski definition) is 2. The minimum absolute atomic E-state index is 0.0316. The predicted molar refractivity (Wildman–Crippen MR) is 126 cm³/mol. The molecule has 0 bridgehead atoms. The molecule has 0 unspecified atom stereocenters. The first kappa shape index (κ1) is 21.9. The van der Waals surface area contributed by atoms with E-state index in [1.54, 1.807) is 36.4 Å². The van der Waals surface area contributed by atoms with Crippen LogP contribution in [0.15, 0.2) is 72.1 Å². The van der Waals surface area contributed by atoms with Gasteiger partial charge in [-0.3, -0.25) is 19.3 Å². The first-order valence-electron chi connectivity index (χ1n) is 10.7. The van der Waals surface area contributed by atoms with Gasteiger partial charge in [0.15, 0.2) is 5.78 Å². The van der Waals surface area contributed by atoms with Crippen LogP contribution in [0.3, 0.4) is 0 Å².